The lowest BCUT2D eigenvalue weighted by atomic mass is 10.1. The van der Waals surface area contributed by atoms with Gasteiger partial charge in [-0.1, -0.05) is 6.92 Å². The van der Waals surface area contributed by atoms with Crippen molar-refractivity contribution < 1.29 is 19.8 Å². The maximum Gasteiger partial charge on any atom is 0.337 e. The summed E-state index contributed by atoms with van der Waals surface area (Å²) in [6.45, 7) is 1.75. The van der Waals surface area contributed by atoms with Gasteiger partial charge in [-0.3, -0.25) is 4.79 Å². The van der Waals surface area contributed by atoms with E-state index in [-0.39, 0.29) is 17.0 Å². The van der Waals surface area contributed by atoms with Crippen molar-refractivity contribution in [1.82, 2.24) is 0 Å². The predicted molar refractivity (Wildman–Crippen MR) is 62.0 cm³/mol. The number of amides is 1. The molecule has 0 aliphatic carbocycles. The Bertz CT molecular complexity index is 445. The number of carboxylic acid groups (broad SMARTS) is 1. The van der Waals surface area contributed by atoms with E-state index in [2.05, 4.69) is 5.32 Å². The molecule has 1 amide bonds. The van der Waals surface area contributed by atoms with Crippen LogP contribution in [-0.2, 0) is 4.79 Å². The number of aromatic hydroxyl groups is 1. The summed E-state index contributed by atoms with van der Waals surface area (Å²) in [6.07, 6.45) is 0.451. The molecule has 0 heterocycles. The lowest BCUT2D eigenvalue weighted by molar-refractivity contribution is -0.117. The Kier molecular flexibility index (Phi) is 4.06. The fourth-order valence-corrected chi connectivity index (χ4v) is 1.23. The molecule has 92 valence electrons. The van der Waals surface area contributed by atoms with Gasteiger partial charge in [0, 0.05) is 0 Å². The van der Waals surface area contributed by atoms with E-state index in [4.69, 9.17) is 10.8 Å². The molecule has 5 N–H and O–H groups in total. The number of nitrogens with two attached hydrogens (primary N) is 1. The maximum absolute atomic E-state index is 11.5. The smallest absolute Gasteiger partial charge is 0.337 e. The molecule has 0 aliphatic heterocycles. The second kappa shape index (κ2) is 5.31. The van der Waals surface area contributed by atoms with Gasteiger partial charge < -0.3 is 21.3 Å². The van der Waals surface area contributed by atoms with Gasteiger partial charge in [-0.25, -0.2) is 4.79 Å². The number of phenols is 1. The molecule has 1 atom stereocenters. The molecule has 0 unspecified atom stereocenters. The molecular weight excluding hydrogens is 224 g/mol. The average molecular weight is 238 g/mol. The molecule has 0 saturated heterocycles. The van der Waals surface area contributed by atoms with Crippen LogP contribution in [0.25, 0.3) is 0 Å². The fraction of sp³-hybridized carbons (Fsp3) is 0.273. The highest BCUT2D eigenvalue weighted by Crippen LogP contribution is 2.21. The van der Waals surface area contributed by atoms with Crippen molar-refractivity contribution >= 4 is 17.6 Å². The van der Waals surface area contributed by atoms with E-state index in [0.717, 1.165) is 6.07 Å². The first-order valence-electron chi connectivity index (χ1n) is 5.08. The van der Waals surface area contributed by atoms with Gasteiger partial charge in [-0.2, -0.15) is 0 Å². The van der Waals surface area contributed by atoms with Gasteiger partial charge >= 0.3 is 5.97 Å². The van der Waals surface area contributed by atoms with Crippen molar-refractivity contribution in [2.75, 3.05) is 5.32 Å². The zero-order valence-electron chi connectivity index (χ0n) is 9.30. The summed E-state index contributed by atoms with van der Waals surface area (Å²) in [5.41, 5.74) is 5.45. The molecule has 0 spiro atoms. The number of nitrogens with one attached hydrogen (secondary N) is 1. The van der Waals surface area contributed by atoms with E-state index < -0.39 is 17.9 Å². The van der Waals surface area contributed by atoms with Crippen molar-refractivity contribution in [2.45, 2.75) is 19.4 Å². The third kappa shape index (κ3) is 3.18. The van der Waals surface area contributed by atoms with Crippen molar-refractivity contribution in [3.8, 4) is 5.75 Å². The van der Waals surface area contributed by atoms with Crippen LogP contribution in [0.3, 0.4) is 0 Å². The number of aromatic carboxylic acids is 1. The van der Waals surface area contributed by atoms with Crippen LogP contribution in [-0.4, -0.2) is 28.1 Å². The number of carbonyl (C=O) groups excluding carboxylic acids is 1. The largest absolute Gasteiger partial charge is 0.508 e. The first-order valence-corrected chi connectivity index (χ1v) is 5.08. The second-order valence-corrected chi connectivity index (χ2v) is 3.54. The van der Waals surface area contributed by atoms with Gasteiger partial charge in [0.05, 0.1) is 17.3 Å². The molecule has 1 rings (SSSR count). The van der Waals surface area contributed by atoms with Gasteiger partial charge in [0.1, 0.15) is 5.75 Å². The Balaban J connectivity index is 2.98. The normalized spacial score (nSPS) is 11.9. The second-order valence-electron chi connectivity index (χ2n) is 3.54. The number of benzene rings is 1. The lowest BCUT2D eigenvalue weighted by Crippen LogP contribution is -2.35. The van der Waals surface area contributed by atoms with Gasteiger partial charge in [0.2, 0.25) is 5.91 Å². The highest BCUT2D eigenvalue weighted by molar-refractivity contribution is 6.02. The quantitative estimate of drug-likeness (QED) is 0.578. The third-order valence-corrected chi connectivity index (χ3v) is 2.27. The van der Waals surface area contributed by atoms with E-state index in [0.29, 0.717) is 6.42 Å². The fourth-order valence-electron chi connectivity index (χ4n) is 1.23. The number of carbonyl (C=O) groups is 2. The van der Waals surface area contributed by atoms with E-state index in [1.54, 1.807) is 6.92 Å². The number of phenolic OH excluding ortho intramolecular Hbond substituents is 1. The minimum atomic E-state index is -1.23. The van der Waals surface area contributed by atoms with E-state index in [1.807, 2.05) is 0 Å². The van der Waals surface area contributed by atoms with Gasteiger partial charge in [0.25, 0.3) is 0 Å². The summed E-state index contributed by atoms with van der Waals surface area (Å²) in [5.74, 6) is -1.87. The number of hydrogen-bond donors (Lipinski definition) is 4. The van der Waals surface area contributed by atoms with Gasteiger partial charge in [0.15, 0.2) is 0 Å². The van der Waals surface area contributed by atoms with Crippen LogP contribution in [0.2, 0.25) is 0 Å². The molecule has 0 bridgehead atoms. The van der Waals surface area contributed by atoms with E-state index in [1.165, 1.54) is 12.1 Å². The summed E-state index contributed by atoms with van der Waals surface area (Å²) in [4.78, 5) is 22.4. The SMILES string of the molecule is CC[C@H](N)C(=O)Nc1ccc(O)cc1C(=O)O. The summed E-state index contributed by atoms with van der Waals surface area (Å²) >= 11 is 0. The third-order valence-electron chi connectivity index (χ3n) is 2.27. The van der Waals surface area contributed by atoms with E-state index in [9.17, 15) is 14.7 Å². The van der Waals surface area contributed by atoms with E-state index >= 15 is 0 Å². The predicted octanol–water partition coefficient (Wildman–Crippen LogP) is 0.766. The Morgan fingerprint density at radius 2 is 2.12 bits per heavy atom. The van der Waals surface area contributed by atoms with Crippen LogP contribution < -0.4 is 11.1 Å². The molecule has 0 fully saturated rings. The van der Waals surface area contributed by atoms with Crippen LogP contribution in [0, 0.1) is 0 Å². The van der Waals surface area contributed by atoms with Crippen molar-refractivity contribution in [3.63, 3.8) is 0 Å². The number of carboxylic acids is 1. The van der Waals surface area contributed by atoms with Gasteiger partial charge in [-0.15, -0.1) is 0 Å². The maximum atomic E-state index is 11.5. The number of anilines is 1. The molecule has 6 heteroatoms. The number of hydrogen-bond acceptors (Lipinski definition) is 4. The Morgan fingerprint density at radius 3 is 2.65 bits per heavy atom. The average Bonchev–Trinajstić information content (AvgIpc) is 2.29. The summed E-state index contributed by atoms with van der Waals surface area (Å²) < 4.78 is 0. The molecule has 1 aromatic rings. The van der Waals surface area contributed by atoms with Crippen LogP contribution in [0.15, 0.2) is 18.2 Å². The Hall–Kier alpha value is -2.08. The van der Waals surface area contributed by atoms with Crippen LogP contribution >= 0.6 is 0 Å². The zero-order valence-corrected chi connectivity index (χ0v) is 9.30. The Labute approximate surface area is 98.1 Å². The molecule has 1 aromatic carbocycles. The number of rotatable bonds is 4. The molecular formula is C11H14N2O4. The van der Waals surface area contributed by atoms with Crippen molar-refractivity contribution in [3.05, 3.63) is 23.8 Å². The topological polar surface area (TPSA) is 113 Å². The van der Waals surface area contributed by atoms with Crippen LogP contribution in [0.4, 0.5) is 5.69 Å². The standard InChI is InChI=1S/C11H14N2O4/c1-2-8(12)10(15)13-9-4-3-6(14)5-7(9)11(16)17/h3-5,8,14H,2,12H2,1H3,(H,13,15)(H,16,17)/t8-/m0/s1. The van der Waals surface area contributed by atoms with Crippen LogP contribution in [0.5, 0.6) is 5.75 Å². The highest BCUT2D eigenvalue weighted by Gasteiger charge is 2.16. The molecule has 6 nitrogen and oxygen atoms in total. The minimum Gasteiger partial charge on any atom is -0.508 e. The Morgan fingerprint density at radius 1 is 1.47 bits per heavy atom. The molecule has 0 aliphatic rings. The monoisotopic (exact) mass is 238 g/mol. The lowest BCUT2D eigenvalue weighted by Gasteiger charge is -2.12. The summed E-state index contributed by atoms with van der Waals surface area (Å²) in [6, 6.07) is 2.99. The molecule has 0 radical (unpaired) electrons. The summed E-state index contributed by atoms with van der Waals surface area (Å²) in [7, 11) is 0. The minimum absolute atomic E-state index is 0.115. The van der Waals surface area contributed by atoms with Crippen molar-refractivity contribution in [1.29, 1.82) is 0 Å². The first kappa shape index (κ1) is 13.0. The molecule has 0 aromatic heterocycles. The zero-order chi connectivity index (χ0) is 13.0. The first-order chi connectivity index (χ1) is 7.95. The van der Waals surface area contributed by atoms with Gasteiger partial charge in [-0.05, 0) is 24.6 Å². The van der Waals surface area contributed by atoms with Crippen molar-refractivity contribution in [2.24, 2.45) is 5.73 Å². The molecule has 17 heavy (non-hydrogen) atoms. The highest BCUT2D eigenvalue weighted by atomic mass is 16.4. The molecule has 0 saturated carbocycles. The summed E-state index contributed by atoms with van der Waals surface area (Å²) in [5, 5.41) is 20.5. The van der Waals surface area contributed by atoms with Crippen LogP contribution in [0.1, 0.15) is 23.7 Å².